The van der Waals surface area contributed by atoms with Crippen molar-refractivity contribution >= 4 is 5.91 Å². The lowest BCUT2D eigenvalue weighted by molar-refractivity contribution is -0.126. The van der Waals surface area contributed by atoms with Gasteiger partial charge < -0.3 is 16.2 Å². The van der Waals surface area contributed by atoms with Gasteiger partial charge in [-0.15, -0.1) is 0 Å². The first-order valence-electron chi connectivity index (χ1n) is 7.79. The second-order valence-electron chi connectivity index (χ2n) is 5.87. The minimum atomic E-state index is 0.180. The van der Waals surface area contributed by atoms with Crippen molar-refractivity contribution < 1.29 is 9.90 Å². The lowest BCUT2D eigenvalue weighted by Crippen LogP contribution is -2.37. The van der Waals surface area contributed by atoms with E-state index in [0.717, 1.165) is 51.5 Å². The Morgan fingerprint density at radius 2 is 2.00 bits per heavy atom. The molecule has 0 saturated heterocycles. The first-order chi connectivity index (χ1) is 9.21. The number of amides is 1. The van der Waals surface area contributed by atoms with Crippen LogP contribution in [0.1, 0.15) is 51.9 Å². The van der Waals surface area contributed by atoms with Crippen LogP contribution in [0.5, 0.6) is 0 Å². The molecule has 0 aromatic rings. The molecule has 0 heterocycles. The molecule has 19 heavy (non-hydrogen) atoms. The van der Waals surface area contributed by atoms with Crippen LogP contribution < -0.4 is 11.1 Å². The Bertz CT molecular complexity index is 245. The number of nitrogens with two attached hydrogens (primary N) is 1. The zero-order valence-corrected chi connectivity index (χ0v) is 12.2. The number of aliphatic hydroxyl groups is 1. The third-order valence-corrected chi connectivity index (χ3v) is 4.35. The lowest BCUT2D eigenvalue weighted by Gasteiger charge is -2.27. The Balaban J connectivity index is 2.26. The summed E-state index contributed by atoms with van der Waals surface area (Å²) in [6.45, 7) is 3.82. The molecule has 1 fully saturated rings. The van der Waals surface area contributed by atoms with Gasteiger partial charge in [-0.2, -0.15) is 0 Å². The molecule has 0 bridgehead atoms. The highest BCUT2D eigenvalue weighted by Crippen LogP contribution is 2.28. The van der Waals surface area contributed by atoms with Crippen LogP contribution in [0.3, 0.4) is 0 Å². The second kappa shape index (κ2) is 9.32. The van der Waals surface area contributed by atoms with E-state index in [9.17, 15) is 4.79 Å². The van der Waals surface area contributed by atoms with Gasteiger partial charge in [-0.3, -0.25) is 4.79 Å². The third-order valence-electron chi connectivity index (χ3n) is 4.35. The average molecular weight is 270 g/mol. The SMILES string of the molecule is CCCC(CCO)CNC(=O)C1CCC(CN)CC1. The fourth-order valence-electron chi connectivity index (χ4n) is 2.99. The maximum atomic E-state index is 12.1. The molecule has 1 unspecified atom stereocenters. The van der Waals surface area contributed by atoms with E-state index in [-0.39, 0.29) is 18.4 Å². The Hall–Kier alpha value is -0.610. The number of aliphatic hydroxyl groups excluding tert-OH is 1. The fraction of sp³-hybridized carbons (Fsp3) is 0.933. The minimum absolute atomic E-state index is 0.180. The molecular formula is C15H30N2O2. The van der Waals surface area contributed by atoms with Crippen molar-refractivity contribution in [2.24, 2.45) is 23.5 Å². The topological polar surface area (TPSA) is 75.3 Å². The van der Waals surface area contributed by atoms with Crippen molar-refractivity contribution in [3.05, 3.63) is 0 Å². The number of hydrogen-bond donors (Lipinski definition) is 3. The quantitative estimate of drug-likeness (QED) is 0.628. The highest BCUT2D eigenvalue weighted by molar-refractivity contribution is 5.78. The average Bonchev–Trinajstić information content (AvgIpc) is 2.45. The Morgan fingerprint density at radius 1 is 1.32 bits per heavy atom. The van der Waals surface area contributed by atoms with Gasteiger partial charge in [0.05, 0.1) is 0 Å². The molecule has 0 spiro atoms. The summed E-state index contributed by atoms with van der Waals surface area (Å²) in [5, 5.41) is 12.1. The number of rotatable bonds is 8. The molecule has 1 amide bonds. The number of nitrogens with one attached hydrogen (secondary N) is 1. The molecule has 0 aromatic heterocycles. The standard InChI is InChI=1S/C15H30N2O2/c1-2-3-13(8-9-18)11-17-15(19)14-6-4-12(10-16)5-7-14/h12-14,18H,2-11,16H2,1H3,(H,17,19). The molecule has 0 radical (unpaired) electrons. The largest absolute Gasteiger partial charge is 0.396 e. The summed E-state index contributed by atoms with van der Waals surface area (Å²) in [5.74, 6) is 1.42. The van der Waals surface area contributed by atoms with E-state index >= 15 is 0 Å². The predicted molar refractivity (Wildman–Crippen MR) is 77.6 cm³/mol. The summed E-state index contributed by atoms with van der Waals surface area (Å²) in [4.78, 5) is 12.1. The van der Waals surface area contributed by atoms with E-state index in [4.69, 9.17) is 10.8 Å². The second-order valence-corrected chi connectivity index (χ2v) is 5.87. The van der Waals surface area contributed by atoms with E-state index in [1.54, 1.807) is 0 Å². The molecule has 1 atom stereocenters. The molecule has 1 aliphatic carbocycles. The van der Waals surface area contributed by atoms with Gasteiger partial charge >= 0.3 is 0 Å². The van der Waals surface area contributed by atoms with Gasteiger partial charge in [0.1, 0.15) is 0 Å². The Morgan fingerprint density at radius 3 is 2.53 bits per heavy atom. The van der Waals surface area contributed by atoms with Crippen LogP contribution in [0, 0.1) is 17.8 Å². The minimum Gasteiger partial charge on any atom is -0.396 e. The van der Waals surface area contributed by atoms with Gasteiger partial charge in [-0.05, 0) is 56.9 Å². The van der Waals surface area contributed by atoms with E-state index in [2.05, 4.69) is 12.2 Å². The molecule has 1 aliphatic rings. The maximum Gasteiger partial charge on any atom is 0.223 e. The van der Waals surface area contributed by atoms with Crippen molar-refractivity contribution in [1.82, 2.24) is 5.32 Å². The zero-order valence-electron chi connectivity index (χ0n) is 12.2. The van der Waals surface area contributed by atoms with Crippen LogP contribution in [-0.4, -0.2) is 30.7 Å². The fourth-order valence-corrected chi connectivity index (χ4v) is 2.99. The number of carbonyl (C=O) groups excluding carboxylic acids is 1. The first kappa shape index (κ1) is 16.4. The summed E-state index contributed by atoms with van der Waals surface area (Å²) >= 11 is 0. The lowest BCUT2D eigenvalue weighted by atomic mass is 9.81. The Kier molecular flexibility index (Phi) is 8.07. The molecule has 0 aromatic carbocycles. The molecule has 1 saturated carbocycles. The summed E-state index contributed by atoms with van der Waals surface area (Å²) < 4.78 is 0. The van der Waals surface area contributed by atoms with Gasteiger partial charge in [-0.1, -0.05) is 13.3 Å². The van der Waals surface area contributed by atoms with Crippen molar-refractivity contribution in [1.29, 1.82) is 0 Å². The summed E-state index contributed by atoms with van der Waals surface area (Å²) in [5.41, 5.74) is 5.67. The van der Waals surface area contributed by atoms with Crippen molar-refractivity contribution in [3.63, 3.8) is 0 Å². The molecule has 0 aliphatic heterocycles. The van der Waals surface area contributed by atoms with Gasteiger partial charge in [0.2, 0.25) is 5.91 Å². The molecule has 112 valence electrons. The van der Waals surface area contributed by atoms with Crippen LogP contribution in [0.25, 0.3) is 0 Å². The molecule has 4 N–H and O–H groups in total. The van der Waals surface area contributed by atoms with Crippen molar-refractivity contribution in [2.45, 2.75) is 51.9 Å². The van der Waals surface area contributed by atoms with E-state index < -0.39 is 0 Å². The first-order valence-corrected chi connectivity index (χ1v) is 7.79. The molecule has 4 heteroatoms. The van der Waals surface area contributed by atoms with Crippen molar-refractivity contribution in [3.8, 4) is 0 Å². The monoisotopic (exact) mass is 270 g/mol. The summed E-state index contributed by atoms with van der Waals surface area (Å²) in [7, 11) is 0. The molecular weight excluding hydrogens is 240 g/mol. The van der Waals surface area contributed by atoms with Crippen LogP contribution in [0.15, 0.2) is 0 Å². The van der Waals surface area contributed by atoms with Crippen LogP contribution >= 0.6 is 0 Å². The molecule has 4 nitrogen and oxygen atoms in total. The van der Waals surface area contributed by atoms with Crippen molar-refractivity contribution in [2.75, 3.05) is 19.7 Å². The van der Waals surface area contributed by atoms with Gasteiger partial charge in [0, 0.05) is 19.1 Å². The van der Waals surface area contributed by atoms with Crippen LogP contribution in [0.2, 0.25) is 0 Å². The predicted octanol–water partition coefficient (Wildman–Crippen LogP) is 1.67. The zero-order chi connectivity index (χ0) is 14.1. The maximum absolute atomic E-state index is 12.1. The van der Waals surface area contributed by atoms with Gasteiger partial charge in [0.15, 0.2) is 0 Å². The highest BCUT2D eigenvalue weighted by atomic mass is 16.3. The van der Waals surface area contributed by atoms with Gasteiger partial charge in [0.25, 0.3) is 0 Å². The third kappa shape index (κ3) is 5.91. The number of carbonyl (C=O) groups is 1. The summed E-state index contributed by atoms with van der Waals surface area (Å²) in [6.07, 6.45) is 7.09. The number of hydrogen-bond acceptors (Lipinski definition) is 3. The molecule has 1 rings (SSSR count). The normalized spacial score (nSPS) is 25.0. The van der Waals surface area contributed by atoms with Gasteiger partial charge in [-0.25, -0.2) is 0 Å². The van der Waals surface area contributed by atoms with Crippen LogP contribution in [-0.2, 0) is 4.79 Å². The van der Waals surface area contributed by atoms with E-state index in [0.29, 0.717) is 18.4 Å². The van der Waals surface area contributed by atoms with E-state index in [1.165, 1.54) is 0 Å². The van der Waals surface area contributed by atoms with Crippen LogP contribution in [0.4, 0.5) is 0 Å². The van der Waals surface area contributed by atoms with E-state index in [1.807, 2.05) is 0 Å². The highest BCUT2D eigenvalue weighted by Gasteiger charge is 2.25. The summed E-state index contributed by atoms with van der Waals surface area (Å²) in [6, 6.07) is 0. The smallest absolute Gasteiger partial charge is 0.223 e. The Labute approximate surface area is 117 Å².